The van der Waals surface area contributed by atoms with Crippen LogP contribution in [-0.2, 0) is 29.0 Å². The molecule has 0 saturated heterocycles. The summed E-state index contributed by atoms with van der Waals surface area (Å²) in [5.41, 5.74) is 8.04. The van der Waals surface area contributed by atoms with E-state index in [1.165, 1.54) is 11.0 Å². The number of hydrogen-bond acceptors (Lipinski definition) is 3. The largest absolute Gasteiger partial charge is 0.405 e. The van der Waals surface area contributed by atoms with Crippen molar-refractivity contribution in [2.24, 2.45) is 5.73 Å². The maximum absolute atomic E-state index is 13.9. The number of nitrogens with zero attached hydrogens (tertiary/aromatic N) is 1. The molecule has 31 heavy (non-hydrogen) atoms. The first-order chi connectivity index (χ1) is 14.6. The van der Waals surface area contributed by atoms with Gasteiger partial charge in [0.15, 0.2) is 0 Å². The van der Waals surface area contributed by atoms with E-state index in [4.69, 9.17) is 5.73 Å². The molecule has 1 aliphatic rings. The van der Waals surface area contributed by atoms with E-state index in [1.807, 2.05) is 5.32 Å². The number of fused-ring (bicyclic) bond motifs is 1. The van der Waals surface area contributed by atoms with Crippen molar-refractivity contribution in [3.05, 3.63) is 71.0 Å². The minimum absolute atomic E-state index is 0.0888. The second-order valence-corrected chi connectivity index (χ2v) is 7.60. The lowest BCUT2D eigenvalue weighted by Gasteiger charge is -2.36. The van der Waals surface area contributed by atoms with E-state index in [-0.39, 0.29) is 25.8 Å². The van der Waals surface area contributed by atoms with Crippen LogP contribution >= 0.6 is 0 Å². The Morgan fingerprint density at radius 3 is 2.42 bits per heavy atom. The van der Waals surface area contributed by atoms with E-state index in [1.54, 1.807) is 42.5 Å². The quantitative estimate of drug-likeness (QED) is 0.683. The zero-order valence-electron chi connectivity index (χ0n) is 16.7. The number of alkyl halides is 3. The summed E-state index contributed by atoms with van der Waals surface area (Å²) in [6, 6.07) is 11.4. The van der Waals surface area contributed by atoms with Crippen LogP contribution in [0, 0.1) is 5.82 Å². The molecule has 9 heteroatoms. The number of rotatable bonds is 6. The summed E-state index contributed by atoms with van der Waals surface area (Å²) in [7, 11) is 0. The molecule has 0 radical (unpaired) electrons. The molecule has 2 aromatic carbocycles. The normalized spacial score (nSPS) is 17.1. The molecule has 0 aromatic heterocycles. The van der Waals surface area contributed by atoms with E-state index in [0.717, 1.165) is 11.1 Å². The molecule has 2 amide bonds. The summed E-state index contributed by atoms with van der Waals surface area (Å²) in [5, 5.41) is 1.87. The van der Waals surface area contributed by atoms with Crippen molar-refractivity contribution in [3.8, 4) is 0 Å². The lowest BCUT2D eigenvalue weighted by atomic mass is 9.92. The SMILES string of the molecule is NC(CC(=O)N1Cc2ccccc2C[C@H]1C(=O)NCC(F)(F)F)Cc1ccccc1F. The fraction of sp³-hybridized carbons (Fsp3) is 0.364. The molecular formula is C22H23F4N3O2. The summed E-state index contributed by atoms with van der Waals surface area (Å²) in [6.45, 7) is -1.38. The number of amides is 2. The van der Waals surface area contributed by atoms with Crippen molar-refractivity contribution < 1.29 is 27.2 Å². The van der Waals surface area contributed by atoms with Crippen LogP contribution in [0.1, 0.15) is 23.1 Å². The predicted molar refractivity (Wildman–Crippen MR) is 106 cm³/mol. The minimum atomic E-state index is -4.56. The lowest BCUT2D eigenvalue weighted by Crippen LogP contribution is -2.54. The number of hydrogen-bond donors (Lipinski definition) is 2. The van der Waals surface area contributed by atoms with E-state index in [9.17, 15) is 27.2 Å². The zero-order chi connectivity index (χ0) is 22.6. The molecular weight excluding hydrogens is 414 g/mol. The smallest absolute Gasteiger partial charge is 0.345 e. The van der Waals surface area contributed by atoms with Crippen LogP contribution in [0.2, 0.25) is 0 Å². The second-order valence-electron chi connectivity index (χ2n) is 7.60. The fourth-order valence-corrected chi connectivity index (χ4v) is 3.68. The Hall–Kier alpha value is -2.94. The van der Waals surface area contributed by atoms with E-state index in [0.29, 0.717) is 5.56 Å². The van der Waals surface area contributed by atoms with Gasteiger partial charge in [-0.1, -0.05) is 42.5 Å². The minimum Gasteiger partial charge on any atom is -0.345 e. The number of carbonyl (C=O) groups is 2. The van der Waals surface area contributed by atoms with Gasteiger partial charge in [-0.2, -0.15) is 13.2 Å². The molecule has 2 aromatic rings. The van der Waals surface area contributed by atoms with Crippen molar-refractivity contribution in [1.29, 1.82) is 0 Å². The van der Waals surface area contributed by atoms with Gasteiger partial charge < -0.3 is 16.0 Å². The van der Waals surface area contributed by atoms with Gasteiger partial charge in [0.2, 0.25) is 11.8 Å². The molecule has 3 N–H and O–H groups in total. The first kappa shape index (κ1) is 22.7. The molecule has 1 heterocycles. The zero-order valence-corrected chi connectivity index (χ0v) is 16.7. The predicted octanol–water partition coefficient (Wildman–Crippen LogP) is 2.72. The third kappa shape index (κ3) is 6.04. The van der Waals surface area contributed by atoms with Crippen LogP contribution in [-0.4, -0.2) is 41.5 Å². The Morgan fingerprint density at radius 2 is 1.74 bits per heavy atom. The molecule has 3 rings (SSSR count). The van der Waals surface area contributed by atoms with Gasteiger partial charge in [0.1, 0.15) is 18.4 Å². The summed E-state index contributed by atoms with van der Waals surface area (Å²) < 4.78 is 51.5. The molecule has 1 aliphatic heterocycles. The van der Waals surface area contributed by atoms with Gasteiger partial charge in [-0.25, -0.2) is 4.39 Å². The Labute approximate surface area is 177 Å². The van der Waals surface area contributed by atoms with Crippen molar-refractivity contribution in [2.75, 3.05) is 6.54 Å². The highest BCUT2D eigenvalue weighted by molar-refractivity contribution is 5.88. The molecule has 166 valence electrons. The van der Waals surface area contributed by atoms with Crippen molar-refractivity contribution >= 4 is 11.8 Å². The Balaban J connectivity index is 1.74. The van der Waals surface area contributed by atoms with Gasteiger partial charge in [-0.3, -0.25) is 9.59 Å². The van der Waals surface area contributed by atoms with Gasteiger partial charge in [0.25, 0.3) is 0 Å². The number of nitrogens with two attached hydrogens (primary N) is 1. The third-order valence-electron chi connectivity index (χ3n) is 5.21. The third-order valence-corrected chi connectivity index (χ3v) is 5.21. The van der Waals surface area contributed by atoms with Gasteiger partial charge >= 0.3 is 6.18 Å². The number of carbonyl (C=O) groups excluding carboxylic acids is 2. The molecule has 1 unspecified atom stereocenters. The molecule has 0 bridgehead atoms. The first-order valence-electron chi connectivity index (χ1n) is 9.83. The van der Waals surface area contributed by atoms with Crippen LogP contribution in [0.5, 0.6) is 0 Å². The molecule has 0 fully saturated rings. The summed E-state index contributed by atoms with van der Waals surface area (Å²) >= 11 is 0. The highest BCUT2D eigenvalue weighted by Gasteiger charge is 2.37. The highest BCUT2D eigenvalue weighted by atomic mass is 19.4. The van der Waals surface area contributed by atoms with Gasteiger partial charge in [-0.15, -0.1) is 0 Å². The van der Waals surface area contributed by atoms with Crippen molar-refractivity contribution in [3.63, 3.8) is 0 Å². The Bertz CT molecular complexity index is 948. The summed E-state index contributed by atoms with van der Waals surface area (Å²) in [5.74, 6) is -1.77. The van der Waals surface area contributed by atoms with Crippen molar-refractivity contribution in [1.82, 2.24) is 10.2 Å². The highest BCUT2D eigenvalue weighted by Crippen LogP contribution is 2.25. The van der Waals surface area contributed by atoms with Crippen LogP contribution in [0.15, 0.2) is 48.5 Å². The number of nitrogens with one attached hydrogen (secondary N) is 1. The molecule has 0 spiro atoms. The van der Waals surface area contributed by atoms with Crippen molar-refractivity contribution in [2.45, 2.75) is 44.1 Å². The summed E-state index contributed by atoms with van der Waals surface area (Å²) in [6.07, 6.45) is -4.50. The Morgan fingerprint density at radius 1 is 1.10 bits per heavy atom. The summed E-state index contributed by atoms with van der Waals surface area (Å²) in [4.78, 5) is 26.7. The average molecular weight is 437 g/mol. The Kier molecular flexibility index (Phi) is 6.94. The molecule has 0 saturated carbocycles. The standard InChI is InChI=1S/C22H23F4N3O2/c23-18-8-4-3-6-15(18)9-17(27)11-20(30)29-12-16-7-2-1-5-14(16)10-19(29)21(31)28-13-22(24,25)26/h1-8,17,19H,9-13,27H2,(H,28,31)/t17?,19-/m0/s1. The topological polar surface area (TPSA) is 75.4 Å². The monoisotopic (exact) mass is 437 g/mol. The van der Waals surface area contributed by atoms with Gasteiger partial charge in [0, 0.05) is 25.4 Å². The maximum Gasteiger partial charge on any atom is 0.405 e. The first-order valence-corrected chi connectivity index (χ1v) is 9.83. The van der Waals surface area contributed by atoms with Gasteiger partial charge in [-0.05, 0) is 29.2 Å². The number of halogens is 4. The van der Waals surface area contributed by atoms with Crippen LogP contribution in [0.25, 0.3) is 0 Å². The average Bonchev–Trinajstić information content (AvgIpc) is 2.72. The van der Waals surface area contributed by atoms with Crippen LogP contribution < -0.4 is 11.1 Å². The molecule has 5 nitrogen and oxygen atoms in total. The number of benzene rings is 2. The van der Waals surface area contributed by atoms with Crippen LogP contribution in [0.3, 0.4) is 0 Å². The fourth-order valence-electron chi connectivity index (χ4n) is 3.68. The van der Waals surface area contributed by atoms with E-state index >= 15 is 0 Å². The van der Waals surface area contributed by atoms with E-state index in [2.05, 4.69) is 0 Å². The van der Waals surface area contributed by atoms with Gasteiger partial charge in [0.05, 0.1) is 0 Å². The molecule has 0 aliphatic carbocycles. The van der Waals surface area contributed by atoms with Crippen LogP contribution in [0.4, 0.5) is 17.6 Å². The second kappa shape index (κ2) is 9.47. The molecule has 2 atom stereocenters. The van der Waals surface area contributed by atoms with E-state index < -0.39 is 42.4 Å². The lowest BCUT2D eigenvalue weighted by molar-refractivity contribution is -0.147. The maximum atomic E-state index is 13.9.